The Hall–Kier alpha value is -2.74. The zero-order chi connectivity index (χ0) is 17.3. The number of benzene rings is 3. The van der Waals surface area contributed by atoms with Crippen LogP contribution in [0.1, 0.15) is 26.3 Å². The van der Waals surface area contributed by atoms with E-state index < -0.39 is 0 Å². The first-order valence-corrected chi connectivity index (χ1v) is 8.78. The molecule has 0 saturated carbocycles. The van der Waals surface area contributed by atoms with E-state index in [2.05, 4.69) is 87.0 Å². The summed E-state index contributed by atoms with van der Waals surface area (Å²) in [6, 6.07) is 19.5. The Morgan fingerprint density at radius 2 is 1.40 bits per heavy atom. The van der Waals surface area contributed by atoms with E-state index in [-0.39, 0.29) is 5.41 Å². The van der Waals surface area contributed by atoms with Crippen molar-refractivity contribution in [2.24, 2.45) is 7.05 Å². The van der Waals surface area contributed by atoms with Gasteiger partial charge in [0.15, 0.2) is 5.58 Å². The Kier molecular flexibility index (Phi) is 2.72. The predicted octanol–water partition coefficient (Wildman–Crippen LogP) is 6.53. The van der Waals surface area contributed by atoms with Crippen LogP contribution in [0.15, 0.2) is 59.0 Å². The van der Waals surface area contributed by atoms with Crippen molar-refractivity contribution in [1.29, 1.82) is 0 Å². The van der Waals surface area contributed by atoms with Gasteiger partial charge in [-0.1, -0.05) is 63.2 Å². The van der Waals surface area contributed by atoms with Crippen LogP contribution in [0.25, 0.3) is 43.7 Å². The van der Waals surface area contributed by atoms with Crippen LogP contribution in [0.3, 0.4) is 0 Å². The van der Waals surface area contributed by atoms with Gasteiger partial charge in [-0.15, -0.1) is 0 Å². The molecule has 2 aromatic heterocycles. The lowest BCUT2D eigenvalue weighted by molar-refractivity contribution is 0.573. The fraction of sp³-hybridized carbons (Fsp3) is 0.217. The van der Waals surface area contributed by atoms with Gasteiger partial charge in [0.05, 0.1) is 5.52 Å². The van der Waals surface area contributed by atoms with Crippen molar-refractivity contribution >= 4 is 43.7 Å². The zero-order valence-electron chi connectivity index (χ0n) is 15.1. The number of aromatic nitrogens is 1. The van der Waals surface area contributed by atoms with Crippen LogP contribution >= 0.6 is 0 Å². The molecule has 0 amide bonds. The monoisotopic (exact) mass is 327 g/mol. The first-order chi connectivity index (χ1) is 12.0. The molecule has 2 heterocycles. The lowest BCUT2D eigenvalue weighted by atomic mass is 9.86. The molecular weight excluding hydrogens is 306 g/mol. The highest BCUT2D eigenvalue weighted by atomic mass is 16.3. The molecule has 0 fully saturated rings. The van der Waals surface area contributed by atoms with Gasteiger partial charge in [0.25, 0.3) is 0 Å². The number of nitrogens with zero attached hydrogens (tertiary/aromatic N) is 1. The van der Waals surface area contributed by atoms with Crippen molar-refractivity contribution < 1.29 is 4.42 Å². The molecule has 0 radical (unpaired) electrons. The SMILES string of the molecule is Cn1c2ccccc2c2ccc3c4cccc(C(C)(C)C)c4oc3c21. The van der Waals surface area contributed by atoms with Crippen LogP contribution in [0.2, 0.25) is 0 Å². The summed E-state index contributed by atoms with van der Waals surface area (Å²) >= 11 is 0. The first kappa shape index (κ1) is 14.6. The summed E-state index contributed by atoms with van der Waals surface area (Å²) in [6.07, 6.45) is 0. The summed E-state index contributed by atoms with van der Waals surface area (Å²) in [7, 11) is 2.13. The number of fused-ring (bicyclic) bond motifs is 7. The molecule has 0 bridgehead atoms. The summed E-state index contributed by atoms with van der Waals surface area (Å²) < 4.78 is 8.77. The largest absolute Gasteiger partial charge is 0.454 e. The second-order valence-corrected chi connectivity index (χ2v) is 7.95. The number of hydrogen-bond donors (Lipinski definition) is 0. The number of hydrogen-bond acceptors (Lipinski definition) is 1. The molecular formula is C23H21NO. The van der Waals surface area contributed by atoms with Gasteiger partial charge in [0.1, 0.15) is 5.58 Å². The minimum absolute atomic E-state index is 0.0470. The second kappa shape index (κ2) is 4.66. The molecule has 0 aliphatic rings. The predicted molar refractivity (Wildman–Crippen MR) is 106 cm³/mol. The Morgan fingerprint density at radius 3 is 2.20 bits per heavy atom. The standard InChI is InChI=1S/C23H21NO/c1-23(2,3)18-10-7-9-16-17-13-12-15-14-8-5-6-11-19(14)24(4)20(15)22(17)25-21(16)18/h5-13H,1-4H3. The first-order valence-electron chi connectivity index (χ1n) is 8.78. The third kappa shape index (κ3) is 1.85. The van der Waals surface area contributed by atoms with E-state index in [1.807, 2.05) is 0 Å². The molecule has 0 aliphatic heterocycles. The molecule has 2 nitrogen and oxygen atoms in total. The zero-order valence-corrected chi connectivity index (χ0v) is 15.1. The van der Waals surface area contributed by atoms with Crippen LogP contribution in [0.4, 0.5) is 0 Å². The van der Waals surface area contributed by atoms with Crippen LogP contribution < -0.4 is 0 Å². The quantitative estimate of drug-likeness (QED) is 0.316. The maximum Gasteiger partial charge on any atom is 0.159 e. The van der Waals surface area contributed by atoms with Crippen molar-refractivity contribution in [2.75, 3.05) is 0 Å². The maximum atomic E-state index is 6.51. The van der Waals surface area contributed by atoms with Gasteiger partial charge < -0.3 is 8.98 Å². The van der Waals surface area contributed by atoms with E-state index in [1.165, 1.54) is 38.1 Å². The molecule has 124 valence electrons. The third-order valence-corrected chi connectivity index (χ3v) is 5.34. The van der Waals surface area contributed by atoms with Gasteiger partial charge in [0, 0.05) is 39.7 Å². The highest BCUT2D eigenvalue weighted by Gasteiger charge is 2.22. The second-order valence-electron chi connectivity index (χ2n) is 7.95. The van der Waals surface area contributed by atoms with Gasteiger partial charge in [-0.2, -0.15) is 0 Å². The molecule has 5 aromatic rings. The van der Waals surface area contributed by atoms with Crippen LogP contribution in [-0.2, 0) is 12.5 Å². The molecule has 25 heavy (non-hydrogen) atoms. The Bertz CT molecular complexity index is 1280. The third-order valence-electron chi connectivity index (χ3n) is 5.34. The average Bonchev–Trinajstić information content (AvgIpc) is 3.10. The van der Waals surface area contributed by atoms with Gasteiger partial charge in [-0.25, -0.2) is 0 Å². The molecule has 0 atom stereocenters. The fourth-order valence-electron chi connectivity index (χ4n) is 4.10. The fourth-order valence-corrected chi connectivity index (χ4v) is 4.10. The topological polar surface area (TPSA) is 18.1 Å². The van der Waals surface area contributed by atoms with Crippen molar-refractivity contribution in [3.63, 3.8) is 0 Å². The molecule has 2 heteroatoms. The number of aryl methyl sites for hydroxylation is 1. The van der Waals surface area contributed by atoms with Crippen LogP contribution in [-0.4, -0.2) is 4.57 Å². The lowest BCUT2D eigenvalue weighted by Crippen LogP contribution is -2.10. The molecule has 0 spiro atoms. The van der Waals surface area contributed by atoms with Gasteiger partial charge in [-0.3, -0.25) is 0 Å². The lowest BCUT2D eigenvalue weighted by Gasteiger charge is -2.18. The molecule has 3 aromatic carbocycles. The van der Waals surface area contributed by atoms with Gasteiger partial charge >= 0.3 is 0 Å². The van der Waals surface area contributed by atoms with Crippen molar-refractivity contribution in [1.82, 2.24) is 4.57 Å². The minimum atomic E-state index is 0.0470. The molecule has 0 saturated heterocycles. The van der Waals surface area contributed by atoms with E-state index in [1.54, 1.807) is 0 Å². The molecule has 0 N–H and O–H groups in total. The Labute approximate surface area is 146 Å². The molecule has 0 aliphatic carbocycles. The summed E-state index contributed by atoms with van der Waals surface area (Å²) in [5.41, 5.74) is 5.72. The normalized spacial score (nSPS) is 12.8. The minimum Gasteiger partial charge on any atom is -0.454 e. The average molecular weight is 327 g/mol. The van der Waals surface area contributed by atoms with Gasteiger partial charge in [0.2, 0.25) is 0 Å². The summed E-state index contributed by atoms with van der Waals surface area (Å²) in [5, 5.41) is 4.93. The van der Waals surface area contributed by atoms with Crippen molar-refractivity contribution in [3.05, 3.63) is 60.2 Å². The Morgan fingerprint density at radius 1 is 0.720 bits per heavy atom. The highest BCUT2D eigenvalue weighted by Crippen LogP contribution is 2.40. The number of rotatable bonds is 0. The highest BCUT2D eigenvalue weighted by molar-refractivity contribution is 6.21. The van der Waals surface area contributed by atoms with E-state index in [0.717, 1.165) is 11.2 Å². The number of para-hydroxylation sites is 2. The van der Waals surface area contributed by atoms with E-state index in [4.69, 9.17) is 4.42 Å². The van der Waals surface area contributed by atoms with E-state index in [0.29, 0.717) is 0 Å². The van der Waals surface area contributed by atoms with Gasteiger partial charge in [-0.05, 0) is 17.5 Å². The van der Waals surface area contributed by atoms with Crippen LogP contribution in [0, 0.1) is 0 Å². The van der Waals surface area contributed by atoms with Crippen molar-refractivity contribution in [3.8, 4) is 0 Å². The summed E-state index contributed by atoms with van der Waals surface area (Å²) in [6.45, 7) is 6.71. The number of furan rings is 1. The van der Waals surface area contributed by atoms with Crippen LogP contribution in [0.5, 0.6) is 0 Å². The van der Waals surface area contributed by atoms with E-state index in [9.17, 15) is 0 Å². The summed E-state index contributed by atoms with van der Waals surface area (Å²) in [5.74, 6) is 0. The van der Waals surface area contributed by atoms with E-state index >= 15 is 0 Å². The summed E-state index contributed by atoms with van der Waals surface area (Å²) in [4.78, 5) is 0. The Balaban J connectivity index is 2.04. The van der Waals surface area contributed by atoms with Crippen molar-refractivity contribution in [2.45, 2.75) is 26.2 Å². The maximum absolute atomic E-state index is 6.51. The molecule has 5 rings (SSSR count). The molecule has 0 unspecified atom stereocenters. The smallest absolute Gasteiger partial charge is 0.159 e.